The van der Waals surface area contributed by atoms with Crippen molar-refractivity contribution in [2.75, 3.05) is 0 Å². The van der Waals surface area contributed by atoms with Crippen LogP contribution < -0.4 is 5.73 Å². The molecule has 0 aliphatic heterocycles. The van der Waals surface area contributed by atoms with Crippen molar-refractivity contribution in [1.82, 2.24) is 0 Å². The quantitative estimate of drug-likeness (QED) is 0.507. The van der Waals surface area contributed by atoms with Crippen LogP contribution in [0.5, 0.6) is 0 Å². The Balaban J connectivity index is 2.30. The zero-order chi connectivity index (χ0) is 13.4. The van der Waals surface area contributed by atoms with Crippen LogP contribution in [0.3, 0.4) is 0 Å². The Morgan fingerprint density at radius 1 is 1.06 bits per heavy atom. The summed E-state index contributed by atoms with van der Waals surface area (Å²) in [4.78, 5) is 0. The fourth-order valence-electron chi connectivity index (χ4n) is 3.52. The second-order valence-corrected chi connectivity index (χ2v) is 6.64. The Hall–Kier alpha value is -0.0800. The largest absolute Gasteiger partial charge is 0.379 e. The molecule has 0 spiro atoms. The molecule has 1 fully saturated rings. The molecule has 1 aliphatic carbocycles. The first-order valence-corrected chi connectivity index (χ1v) is 8.03. The topological polar surface area (TPSA) is 46.2 Å². The lowest BCUT2D eigenvalue weighted by Gasteiger charge is -2.31. The average molecular weight is 255 g/mol. The molecule has 1 aliphatic rings. The first-order valence-electron chi connectivity index (χ1n) is 8.03. The summed E-state index contributed by atoms with van der Waals surface area (Å²) in [6, 6.07) is 0. The summed E-state index contributed by atoms with van der Waals surface area (Å²) < 4.78 is 0. The Bertz CT molecular complexity index is 197. The second kappa shape index (κ2) is 8.92. The van der Waals surface area contributed by atoms with Crippen molar-refractivity contribution in [2.45, 2.75) is 84.3 Å². The second-order valence-electron chi connectivity index (χ2n) is 6.64. The van der Waals surface area contributed by atoms with Gasteiger partial charge in [0.05, 0.1) is 0 Å². The van der Waals surface area contributed by atoms with Gasteiger partial charge in [-0.2, -0.15) is 0 Å². The Morgan fingerprint density at radius 3 is 2.22 bits per heavy atom. The number of nitrogens with two attached hydrogens (primary N) is 1. The number of hydrogen-bond acceptors (Lipinski definition) is 2. The molecule has 0 aromatic heterocycles. The van der Waals surface area contributed by atoms with Crippen molar-refractivity contribution in [3.05, 3.63) is 0 Å². The van der Waals surface area contributed by atoms with E-state index in [1.165, 1.54) is 51.4 Å². The smallest absolute Gasteiger partial charge is 0.102 e. The molecular formula is C16H33NO. The lowest BCUT2D eigenvalue weighted by atomic mass is 9.74. The van der Waals surface area contributed by atoms with Gasteiger partial charge in [0.15, 0.2) is 0 Å². The molecule has 2 heteroatoms. The minimum atomic E-state index is -0.608. The fraction of sp³-hybridized carbons (Fsp3) is 1.00. The van der Waals surface area contributed by atoms with Crippen LogP contribution in [0.2, 0.25) is 0 Å². The third-order valence-corrected chi connectivity index (χ3v) is 4.42. The first-order chi connectivity index (χ1) is 8.59. The normalized spacial score (nSPS) is 21.2. The van der Waals surface area contributed by atoms with Crippen LogP contribution in [0.15, 0.2) is 0 Å². The summed E-state index contributed by atoms with van der Waals surface area (Å²) >= 11 is 0. The van der Waals surface area contributed by atoms with Crippen molar-refractivity contribution in [2.24, 2.45) is 23.5 Å². The van der Waals surface area contributed by atoms with Gasteiger partial charge >= 0.3 is 0 Å². The first kappa shape index (κ1) is 16.0. The molecule has 3 N–H and O–H groups in total. The van der Waals surface area contributed by atoms with Crippen LogP contribution in [-0.2, 0) is 0 Å². The van der Waals surface area contributed by atoms with Crippen molar-refractivity contribution in [1.29, 1.82) is 0 Å². The summed E-state index contributed by atoms with van der Waals surface area (Å²) in [6.45, 7) is 4.69. The van der Waals surface area contributed by atoms with Crippen LogP contribution in [0.25, 0.3) is 0 Å². The molecule has 0 aromatic rings. The molecule has 0 bridgehead atoms. The van der Waals surface area contributed by atoms with Gasteiger partial charge in [-0.15, -0.1) is 0 Å². The van der Waals surface area contributed by atoms with E-state index in [0.29, 0.717) is 0 Å². The van der Waals surface area contributed by atoms with E-state index < -0.39 is 6.23 Å². The summed E-state index contributed by atoms with van der Waals surface area (Å²) in [5, 5.41) is 9.09. The van der Waals surface area contributed by atoms with Gasteiger partial charge in [-0.05, 0) is 37.0 Å². The third-order valence-electron chi connectivity index (χ3n) is 4.42. The van der Waals surface area contributed by atoms with Gasteiger partial charge in [0.1, 0.15) is 6.23 Å². The number of unbranched alkanes of at least 4 members (excludes halogenated alkanes) is 1. The van der Waals surface area contributed by atoms with E-state index in [0.717, 1.165) is 30.6 Å². The van der Waals surface area contributed by atoms with E-state index in [4.69, 9.17) is 10.8 Å². The molecule has 2 nitrogen and oxygen atoms in total. The standard InChI is InChI=1S/C16H33NO/c1-13(2)12-15(10-6-7-11-16(17)18)14-8-4-3-5-9-14/h13-16,18H,3-12,17H2,1-2H3. The minimum Gasteiger partial charge on any atom is -0.379 e. The molecule has 108 valence electrons. The highest BCUT2D eigenvalue weighted by Crippen LogP contribution is 2.36. The molecule has 18 heavy (non-hydrogen) atoms. The Labute approximate surface area is 113 Å². The van der Waals surface area contributed by atoms with Gasteiger partial charge in [0, 0.05) is 0 Å². The highest BCUT2D eigenvalue weighted by Gasteiger charge is 2.23. The maximum Gasteiger partial charge on any atom is 0.102 e. The maximum atomic E-state index is 9.09. The predicted molar refractivity (Wildman–Crippen MR) is 78.2 cm³/mol. The van der Waals surface area contributed by atoms with Gasteiger partial charge in [-0.25, -0.2) is 0 Å². The summed E-state index contributed by atoms with van der Waals surface area (Å²) in [6.07, 6.45) is 12.5. The lowest BCUT2D eigenvalue weighted by molar-refractivity contribution is 0.162. The van der Waals surface area contributed by atoms with E-state index >= 15 is 0 Å². The van der Waals surface area contributed by atoms with Crippen molar-refractivity contribution >= 4 is 0 Å². The molecule has 2 atom stereocenters. The highest BCUT2D eigenvalue weighted by atomic mass is 16.3. The van der Waals surface area contributed by atoms with Gasteiger partial charge in [-0.1, -0.05) is 58.8 Å². The lowest BCUT2D eigenvalue weighted by Crippen LogP contribution is -2.21. The van der Waals surface area contributed by atoms with E-state index in [2.05, 4.69) is 13.8 Å². The summed E-state index contributed by atoms with van der Waals surface area (Å²) in [5.74, 6) is 2.71. The maximum absolute atomic E-state index is 9.09. The molecule has 0 aromatic carbocycles. The minimum absolute atomic E-state index is 0.608. The SMILES string of the molecule is CC(C)CC(CCCCC(N)O)C1CCCCC1. The number of rotatable bonds is 8. The number of hydrogen-bond donors (Lipinski definition) is 2. The van der Waals surface area contributed by atoms with Gasteiger partial charge in [-0.3, -0.25) is 0 Å². The molecule has 2 unspecified atom stereocenters. The molecular weight excluding hydrogens is 222 g/mol. The zero-order valence-corrected chi connectivity index (χ0v) is 12.4. The molecule has 1 saturated carbocycles. The van der Waals surface area contributed by atoms with Crippen molar-refractivity contribution < 1.29 is 5.11 Å². The Morgan fingerprint density at radius 2 is 1.67 bits per heavy atom. The van der Waals surface area contributed by atoms with Crippen LogP contribution in [0, 0.1) is 17.8 Å². The predicted octanol–water partition coefficient (Wildman–Crippen LogP) is 4.07. The summed E-state index contributed by atoms with van der Waals surface area (Å²) in [7, 11) is 0. The van der Waals surface area contributed by atoms with E-state index in [-0.39, 0.29) is 0 Å². The van der Waals surface area contributed by atoms with E-state index in [9.17, 15) is 0 Å². The van der Waals surface area contributed by atoms with Crippen molar-refractivity contribution in [3.8, 4) is 0 Å². The van der Waals surface area contributed by atoms with Gasteiger partial charge in [0.2, 0.25) is 0 Å². The molecule has 1 rings (SSSR count). The zero-order valence-electron chi connectivity index (χ0n) is 12.4. The molecule has 0 radical (unpaired) electrons. The number of aliphatic hydroxyl groups excluding tert-OH is 1. The van der Waals surface area contributed by atoms with Crippen LogP contribution in [0.4, 0.5) is 0 Å². The summed E-state index contributed by atoms with van der Waals surface area (Å²) in [5.41, 5.74) is 5.39. The van der Waals surface area contributed by atoms with E-state index in [1.54, 1.807) is 0 Å². The van der Waals surface area contributed by atoms with Crippen molar-refractivity contribution in [3.63, 3.8) is 0 Å². The molecule has 0 amide bonds. The highest BCUT2D eigenvalue weighted by molar-refractivity contribution is 4.75. The van der Waals surface area contributed by atoms with Crippen LogP contribution >= 0.6 is 0 Å². The molecule has 0 heterocycles. The Kier molecular flexibility index (Phi) is 7.92. The molecule has 0 saturated heterocycles. The fourth-order valence-corrected chi connectivity index (χ4v) is 3.52. The van der Waals surface area contributed by atoms with Gasteiger partial charge < -0.3 is 10.8 Å². The average Bonchev–Trinajstić information content (AvgIpc) is 2.33. The monoisotopic (exact) mass is 255 g/mol. The van der Waals surface area contributed by atoms with E-state index in [1.807, 2.05) is 0 Å². The van der Waals surface area contributed by atoms with Crippen LogP contribution in [-0.4, -0.2) is 11.3 Å². The number of aliphatic hydroxyl groups is 1. The third kappa shape index (κ3) is 6.75. The van der Waals surface area contributed by atoms with Crippen LogP contribution in [0.1, 0.15) is 78.1 Å². The van der Waals surface area contributed by atoms with Gasteiger partial charge in [0.25, 0.3) is 0 Å².